The number of hydrogen-bond acceptors (Lipinski definition) is 2. The third-order valence-electron chi connectivity index (χ3n) is 7.59. The smallest absolute Gasteiger partial charge is 0.227 e. The van der Waals surface area contributed by atoms with E-state index in [-0.39, 0.29) is 0 Å². The van der Waals surface area contributed by atoms with Gasteiger partial charge in [0.15, 0.2) is 5.58 Å². The molecule has 0 N–H and O–H groups in total. The van der Waals surface area contributed by atoms with Crippen LogP contribution >= 0.6 is 0 Å². The molecule has 184 valence electrons. The molecule has 7 aromatic rings. The van der Waals surface area contributed by atoms with Crippen molar-refractivity contribution in [3.05, 3.63) is 120 Å². The molecular weight excluding hydrogens is 464 g/mol. The number of aryl methyl sites for hydroxylation is 2. The van der Waals surface area contributed by atoms with Crippen LogP contribution in [0.15, 0.2) is 114 Å². The highest BCUT2D eigenvalue weighted by Gasteiger charge is 2.14. The van der Waals surface area contributed by atoms with Crippen molar-refractivity contribution in [3.8, 4) is 28.3 Å². The fourth-order valence-electron chi connectivity index (χ4n) is 5.57. The SMILES string of the molecule is CCc1cc(CC)c2oc(-c3ccc(-c4ccc(-n5c6ccccc6c6ccccc65)cc4)cc3)nc2c1. The van der Waals surface area contributed by atoms with E-state index in [9.17, 15) is 0 Å². The molecule has 0 aliphatic carbocycles. The van der Waals surface area contributed by atoms with E-state index >= 15 is 0 Å². The largest absolute Gasteiger partial charge is 0.436 e. The average Bonchev–Trinajstić information content (AvgIpc) is 3.56. The fourth-order valence-corrected chi connectivity index (χ4v) is 5.57. The van der Waals surface area contributed by atoms with Crippen molar-refractivity contribution in [2.75, 3.05) is 0 Å². The van der Waals surface area contributed by atoms with E-state index in [2.05, 4.69) is 128 Å². The first-order valence-corrected chi connectivity index (χ1v) is 13.3. The summed E-state index contributed by atoms with van der Waals surface area (Å²) in [6.45, 7) is 4.34. The second kappa shape index (κ2) is 9.04. The third kappa shape index (κ3) is 3.62. The zero-order valence-corrected chi connectivity index (χ0v) is 21.6. The Kier molecular flexibility index (Phi) is 5.36. The zero-order valence-electron chi connectivity index (χ0n) is 21.6. The van der Waals surface area contributed by atoms with Crippen molar-refractivity contribution in [3.63, 3.8) is 0 Å². The summed E-state index contributed by atoms with van der Waals surface area (Å²) in [5.74, 6) is 0.677. The first-order chi connectivity index (χ1) is 18.7. The van der Waals surface area contributed by atoms with Crippen LogP contribution in [0.4, 0.5) is 0 Å². The maximum absolute atomic E-state index is 6.23. The molecule has 0 unspecified atom stereocenters. The lowest BCUT2D eigenvalue weighted by molar-refractivity contribution is 0.615. The van der Waals surface area contributed by atoms with E-state index < -0.39 is 0 Å². The van der Waals surface area contributed by atoms with Gasteiger partial charge in [0.2, 0.25) is 5.89 Å². The lowest BCUT2D eigenvalue weighted by Gasteiger charge is -2.09. The van der Waals surface area contributed by atoms with Gasteiger partial charge in [-0.25, -0.2) is 4.98 Å². The highest BCUT2D eigenvalue weighted by molar-refractivity contribution is 6.09. The molecule has 5 aromatic carbocycles. The Balaban J connectivity index is 1.22. The molecule has 2 aromatic heterocycles. The van der Waals surface area contributed by atoms with E-state index in [1.807, 2.05) is 0 Å². The van der Waals surface area contributed by atoms with E-state index in [1.165, 1.54) is 44.1 Å². The second-order valence-electron chi connectivity index (χ2n) is 9.82. The minimum absolute atomic E-state index is 0.677. The molecule has 0 bridgehead atoms. The van der Waals surface area contributed by atoms with Gasteiger partial charge in [-0.3, -0.25) is 0 Å². The number of benzene rings is 5. The Hall–Kier alpha value is -4.63. The number of fused-ring (bicyclic) bond motifs is 4. The van der Waals surface area contributed by atoms with Crippen LogP contribution in [0, 0.1) is 0 Å². The monoisotopic (exact) mass is 492 g/mol. The van der Waals surface area contributed by atoms with Gasteiger partial charge in [-0.05, 0) is 77.6 Å². The van der Waals surface area contributed by atoms with Crippen molar-refractivity contribution < 1.29 is 4.42 Å². The van der Waals surface area contributed by atoms with E-state index in [0.29, 0.717) is 5.89 Å². The summed E-state index contributed by atoms with van der Waals surface area (Å²) in [5.41, 5.74) is 11.3. The molecule has 0 saturated carbocycles. The van der Waals surface area contributed by atoms with Crippen LogP contribution in [-0.4, -0.2) is 9.55 Å². The standard InChI is InChI=1S/C35H28N2O/c1-3-23-21-24(4-2)34-31(22-23)36-35(38-34)27-15-13-25(14-16-27)26-17-19-28(20-18-26)37-32-11-7-5-9-29(32)30-10-6-8-12-33(30)37/h5-22H,3-4H2,1-2H3. The van der Waals surface area contributed by atoms with Crippen LogP contribution < -0.4 is 0 Å². The molecule has 0 saturated heterocycles. The average molecular weight is 493 g/mol. The molecular formula is C35H28N2O. The molecule has 0 radical (unpaired) electrons. The maximum Gasteiger partial charge on any atom is 0.227 e. The quantitative estimate of drug-likeness (QED) is 0.240. The van der Waals surface area contributed by atoms with Crippen molar-refractivity contribution >= 4 is 32.9 Å². The van der Waals surface area contributed by atoms with Gasteiger partial charge in [0.25, 0.3) is 0 Å². The van der Waals surface area contributed by atoms with Gasteiger partial charge in [0, 0.05) is 22.0 Å². The van der Waals surface area contributed by atoms with Crippen LogP contribution in [0.1, 0.15) is 25.0 Å². The van der Waals surface area contributed by atoms with E-state index in [4.69, 9.17) is 9.40 Å². The van der Waals surface area contributed by atoms with Crippen LogP contribution in [0.3, 0.4) is 0 Å². The zero-order chi connectivity index (χ0) is 25.6. The Morgan fingerprint density at radius 3 is 1.82 bits per heavy atom. The summed E-state index contributed by atoms with van der Waals surface area (Å²) in [7, 11) is 0. The lowest BCUT2D eigenvalue weighted by Crippen LogP contribution is -1.93. The number of oxazole rings is 1. The number of hydrogen-bond donors (Lipinski definition) is 0. The Morgan fingerprint density at radius 1 is 0.632 bits per heavy atom. The number of nitrogens with zero attached hydrogens (tertiary/aromatic N) is 2. The predicted octanol–water partition coefficient (Wildman–Crippen LogP) is 9.38. The van der Waals surface area contributed by atoms with Crippen molar-refractivity contribution in [2.45, 2.75) is 26.7 Å². The molecule has 0 fully saturated rings. The van der Waals surface area contributed by atoms with Crippen molar-refractivity contribution in [1.82, 2.24) is 9.55 Å². The van der Waals surface area contributed by atoms with Crippen LogP contribution in [0.25, 0.3) is 61.2 Å². The van der Waals surface area contributed by atoms with Gasteiger partial charge in [-0.1, -0.05) is 80.6 Å². The fraction of sp³-hybridized carbons (Fsp3) is 0.114. The molecule has 3 heteroatoms. The van der Waals surface area contributed by atoms with Crippen LogP contribution in [0.5, 0.6) is 0 Å². The first kappa shape index (κ1) is 22.6. The molecule has 0 amide bonds. The van der Waals surface area contributed by atoms with Crippen LogP contribution in [0.2, 0.25) is 0 Å². The number of rotatable bonds is 5. The summed E-state index contributed by atoms with van der Waals surface area (Å²) >= 11 is 0. The highest BCUT2D eigenvalue weighted by Crippen LogP contribution is 2.33. The molecule has 38 heavy (non-hydrogen) atoms. The Bertz CT molecular complexity index is 1870. The van der Waals surface area contributed by atoms with Gasteiger partial charge in [0.1, 0.15) is 5.52 Å². The summed E-state index contributed by atoms with van der Waals surface area (Å²) in [6.07, 6.45) is 1.93. The molecule has 0 aliphatic rings. The molecule has 3 nitrogen and oxygen atoms in total. The lowest BCUT2D eigenvalue weighted by atomic mass is 10.0. The third-order valence-corrected chi connectivity index (χ3v) is 7.59. The Labute approximate surface area is 222 Å². The molecule has 2 heterocycles. The molecule has 0 atom stereocenters. The minimum Gasteiger partial charge on any atom is -0.436 e. The van der Waals surface area contributed by atoms with Crippen molar-refractivity contribution in [2.24, 2.45) is 0 Å². The van der Waals surface area contributed by atoms with Gasteiger partial charge in [-0.15, -0.1) is 0 Å². The van der Waals surface area contributed by atoms with Gasteiger partial charge < -0.3 is 8.98 Å². The first-order valence-electron chi connectivity index (χ1n) is 13.3. The van der Waals surface area contributed by atoms with Gasteiger partial charge in [0.05, 0.1) is 11.0 Å². The number of para-hydroxylation sites is 2. The topological polar surface area (TPSA) is 31.0 Å². The molecule has 0 aliphatic heterocycles. The van der Waals surface area contributed by atoms with Gasteiger partial charge in [-0.2, -0.15) is 0 Å². The summed E-state index contributed by atoms with van der Waals surface area (Å²) in [5, 5.41) is 2.55. The second-order valence-corrected chi connectivity index (χ2v) is 9.82. The predicted molar refractivity (Wildman–Crippen MR) is 158 cm³/mol. The summed E-state index contributed by atoms with van der Waals surface area (Å²) in [4.78, 5) is 4.82. The van der Waals surface area contributed by atoms with E-state index in [0.717, 1.165) is 35.2 Å². The number of aromatic nitrogens is 2. The normalized spacial score (nSPS) is 11.6. The summed E-state index contributed by atoms with van der Waals surface area (Å²) < 4.78 is 8.58. The molecule has 0 spiro atoms. The Morgan fingerprint density at radius 2 is 1.21 bits per heavy atom. The summed E-state index contributed by atoms with van der Waals surface area (Å²) in [6, 6.07) is 38.9. The minimum atomic E-state index is 0.677. The maximum atomic E-state index is 6.23. The van der Waals surface area contributed by atoms with Crippen LogP contribution in [-0.2, 0) is 12.8 Å². The van der Waals surface area contributed by atoms with Gasteiger partial charge >= 0.3 is 0 Å². The van der Waals surface area contributed by atoms with E-state index in [1.54, 1.807) is 0 Å². The van der Waals surface area contributed by atoms with Crippen molar-refractivity contribution in [1.29, 1.82) is 0 Å². The molecule has 7 rings (SSSR count). The highest BCUT2D eigenvalue weighted by atomic mass is 16.3.